The van der Waals surface area contributed by atoms with Gasteiger partial charge in [0.2, 0.25) is 5.91 Å². The molecule has 0 aliphatic rings. The normalized spacial score (nSPS) is 12.4. The first-order chi connectivity index (χ1) is 10.1. The minimum atomic E-state index is 0.0703. The summed E-state index contributed by atoms with van der Waals surface area (Å²) < 4.78 is 0. The summed E-state index contributed by atoms with van der Waals surface area (Å²) in [4.78, 5) is 14.2. The average Bonchev–Trinajstić information content (AvgIpc) is 2.95. The van der Waals surface area contributed by atoms with Gasteiger partial charge in [-0.15, -0.1) is 0 Å². The fourth-order valence-electron chi connectivity index (χ4n) is 2.23. The lowest BCUT2D eigenvalue weighted by Crippen LogP contribution is -2.35. The van der Waals surface area contributed by atoms with Crippen molar-refractivity contribution in [2.75, 3.05) is 20.6 Å². The van der Waals surface area contributed by atoms with E-state index in [2.05, 4.69) is 27.0 Å². The van der Waals surface area contributed by atoms with Crippen LogP contribution in [-0.4, -0.2) is 31.4 Å². The summed E-state index contributed by atoms with van der Waals surface area (Å²) in [6.07, 6.45) is 0.435. The van der Waals surface area contributed by atoms with Crippen LogP contribution < -0.4 is 5.32 Å². The van der Waals surface area contributed by atoms with Crippen molar-refractivity contribution in [1.29, 1.82) is 0 Å². The van der Waals surface area contributed by atoms with Gasteiger partial charge in [-0.2, -0.15) is 11.3 Å². The Kier molecular flexibility index (Phi) is 5.53. The molecule has 1 heterocycles. The minimum Gasteiger partial charge on any atom is -0.354 e. The molecular formula is C17H22N2OS. The molecule has 1 atom stereocenters. The Hall–Kier alpha value is -1.65. The van der Waals surface area contributed by atoms with Crippen LogP contribution in [0.3, 0.4) is 0 Å². The third-order valence-corrected chi connectivity index (χ3v) is 4.23. The van der Waals surface area contributed by atoms with Crippen molar-refractivity contribution in [3.63, 3.8) is 0 Å². The third kappa shape index (κ3) is 4.69. The van der Waals surface area contributed by atoms with E-state index in [0.717, 1.165) is 5.56 Å². The molecule has 1 N–H and O–H groups in total. The first-order valence-electron chi connectivity index (χ1n) is 7.07. The van der Waals surface area contributed by atoms with E-state index in [1.165, 1.54) is 11.1 Å². The quantitative estimate of drug-likeness (QED) is 0.889. The topological polar surface area (TPSA) is 32.3 Å². The number of rotatable bonds is 6. The Morgan fingerprint density at radius 2 is 1.95 bits per heavy atom. The van der Waals surface area contributed by atoms with Crippen molar-refractivity contribution in [2.24, 2.45) is 0 Å². The summed E-state index contributed by atoms with van der Waals surface area (Å²) in [5, 5.41) is 7.24. The Morgan fingerprint density at radius 3 is 2.52 bits per heavy atom. The molecule has 1 aromatic carbocycles. The maximum Gasteiger partial charge on any atom is 0.224 e. The fourth-order valence-corrected chi connectivity index (χ4v) is 2.93. The second kappa shape index (κ2) is 7.38. The summed E-state index contributed by atoms with van der Waals surface area (Å²) >= 11 is 1.68. The molecule has 1 amide bonds. The van der Waals surface area contributed by atoms with Gasteiger partial charge in [0.05, 0.1) is 12.5 Å². The highest BCUT2D eigenvalue weighted by molar-refractivity contribution is 7.07. The third-order valence-electron chi connectivity index (χ3n) is 3.53. The molecule has 112 valence electrons. The Morgan fingerprint density at radius 1 is 1.24 bits per heavy atom. The Bertz CT molecular complexity index is 561. The van der Waals surface area contributed by atoms with Gasteiger partial charge in [0, 0.05) is 6.54 Å². The molecule has 0 fully saturated rings. The number of benzene rings is 1. The monoisotopic (exact) mass is 302 g/mol. The van der Waals surface area contributed by atoms with Crippen LogP contribution in [0.5, 0.6) is 0 Å². The molecule has 1 unspecified atom stereocenters. The zero-order valence-electron chi connectivity index (χ0n) is 12.8. The van der Waals surface area contributed by atoms with E-state index < -0.39 is 0 Å². The van der Waals surface area contributed by atoms with E-state index in [0.29, 0.717) is 13.0 Å². The lowest BCUT2D eigenvalue weighted by Gasteiger charge is -2.24. The van der Waals surface area contributed by atoms with E-state index >= 15 is 0 Å². The van der Waals surface area contributed by atoms with Gasteiger partial charge >= 0.3 is 0 Å². The van der Waals surface area contributed by atoms with E-state index in [4.69, 9.17) is 0 Å². The highest BCUT2D eigenvalue weighted by Crippen LogP contribution is 2.19. The molecule has 0 aliphatic heterocycles. The average molecular weight is 302 g/mol. The number of amides is 1. The standard InChI is InChI=1S/C17H22N2OS/c1-13-4-6-14(7-5-13)10-17(20)18-11-16(19(2)3)15-8-9-21-12-15/h4-9,12,16H,10-11H2,1-3H3,(H,18,20). The van der Waals surface area contributed by atoms with E-state index in [9.17, 15) is 4.79 Å². The SMILES string of the molecule is Cc1ccc(CC(=O)NCC(c2ccsc2)N(C)C)cc1. The first-order valence-corrected chi connectivity index (χ1v) is 8.01. The first kappa shape index (κ1) is 15.7. The summed E-state index contributed by atoms with van der Waals surface area (Å²) in [7, 11) is 4.07. The number of thiophene rings is 1. The van der Waals surface area contributed by atoms with Gasteiger partial charge in [0.1, 0.15) is 0 Å². The Balaban J connectivity index is 1.89. The molecule has 1 aromatic heterocycles. The van der Waals surface area contributed by atoms with Crippen LogP contribution in [-0.2, 0) is 11.2 Å². The van der Waals surface area contributed by atoms with Crippen molar-refractivity contribution in [3.05, 3.63) is 57.8 Å². The van der Waals surface area contributed by atoms with Crippen molar-refractivity contribution in [1.82, 2.24) is 10.2 Å². The smallest absolute Gasteiger partial charge is 0.224 e. The lowest BCUT2D eigenvalue weighted by atomic mass is 10.1. The van der Waals surface area contributed by atoms with Gasteiger partial charge in [-0.25, -0.2) is 0 Å². The van der Waals surface area contributed by atoms with E-state index in [1.807, 2.05) is 45.3 Å². The second-order valence-electron chi connectivity index (χ2n) is 5.50. The van der Waals surface area contributed by atoms with Crippen LogP contribution in [0.4, 0.5) is 0 Å². The molecule has 0 spiro atoms. The second-order valence-corrected chi connectivity index (χ2v) is 6.28. The highest BCUT2D eigenvalue weighted by Gasteiger charge is 2.15. The number of nitrogens with zero attached hydrogens (tertiary/aromatic N) is 1. The molecule has 2 rings (SSSR count). The van der Waals surface area contributed by atoms with E-state index in [-0.39, 0.29) is 11.9 Å². The van der Waals surface area contributed by atoms with Crippen molar-refractivity contribution < 1.29 is 4.79 Å². The highest BCUT2D eigenvalue weighted by atomic mass is 32.1. The number of hydrogen-bond donors (Lipinski definition) is 1. The molecule has 0 aliphatic carbocycles. The predicted molar refractivity (Wildman–Crippen MR) is 88.6 cm³/mol. The van der Waals surface area contributed by atoms with Gasteiger partial charge < -0.3 is 10.2 Å². The maximum absolute atomic E-state index is 12.1. The van der Waals surface area contributed by atoms with E-state index in [1.54, 1.807) is 11.3 Å². The van der Waals surface area contributed by atoms with Crippen LogP contribution >= 0.6 is 11.3 Å². The summed E-state index contributed by atoms with van der Waals surface area (Å²) in [6, 6.07) is 10.4. The van der Waals surface area contributed by atoms with Gasteiger partial charge in [-0.3, -0.25) is 4.79 Å². The Labute approximate surface area is 130 Å². The van der Waals surface area contributed by atoms with Gasteiger partial charge in [-0.1, -0.05) is 29.8 Å². The van der Waals surface area contributed by atoms with Crippen LogP contribution in [0.25, 0.3) is 0 Å². The predicted octanol–water partition coefficient (Wildman–Crippen LogP) is 3.02. The minimum absolute atomic E-state index is 0.0703. The number of aryl methyl sites for hydroxylation is 1. The van der Waals surface area contributed by atoms with Crippen LogP contribution in [0.15, 0.2) is 41.1 Å². The molecule has 2 aromatic rings. The molecule has 0 bridgehead atoms. The number of carbonyl (C=O) groups is 1. The largest absolute Gasteiger partial charge is 0.354 e. The number of nitrogens with one attached hydrogen (secondary N) is 1. The molecule has 3 nitrogen and oxygen atoms in total. The van der Waals surface area contributed by atoms with Crippen molar-refractivity contribution in [2.45, 2.75) is 19.4 Å². The molecule has 0 saturated carbocycles. The molecule has 4 heteroatoms. The van der Waals surface area contributed by atoms with Crippen molar-refractivity contribution in [3.8, 4) is 0 Å². The van der Waals surface area contributed by atoms with Crippen LogP contribution in [0.1, 0.15) is 22.7 Å². The maximum atomic E-state index is 12.1. The summed E-state index contributed by atoms with van der Waals surface area (Å²) in [5.41, 5.74) is 3.51. The fraction of sp³-hybridized carbons (Fsp3) is 0.353. The summed E-state index contributed by atoms with van der Waals surface area (Å²) in [5.74, 6) is 0.0703. The molecule has 0 radical (unpaired) electrons. The molecule has 0 saturated heterocycles. The van der Waals surface area contributed by atoms with Gasteiger partial charge in [0.25, 0.3) is 0 Å². The van der Waals surface area contributed by atoms with Crippen LogP contribution in [0, 0.1) is 6.92 Å². The zero-order valence-corrected chi connectivity index (χ0v) is 13.6. The zero-order chi connectivity index (χ0) is 15.2. The summed E-state index contributed by atoms with van der Waals surface area (Å²) in [6.45, 7) is 2.68. The van der Waals surface area contributed by atoms with Gasteiger partial charge in [-0.05, 0) is 49.0 Å². The number of hydrogen-bond acceptors (Lipinski definition) is 3. The lowest BCUT2D eigenvalue weighted by molar-refractivity contribution is -0.120. The number of likely N-dealkylation sites (N-methyl/N-ethyl adjacent to an activating group) is 1. The van der Waals surface area contributed by atoms with Gasteiger partial charge in [0.15, 0.2) is 0 Å². The van der Waals surface area contributed by atoms with Crippen molar-refractivity contribution >= 4 is 17.2 Å². The molecular weight excluding hydrogens is 280 g/mol. The number of carbonyl (C=O) groups excluding carboxylic acids is 1. The molecule has 21 heavy (non-hydrogen) atoms. The van der Waals surface area contributed by atoms with Crippen LogP contribution in [0.2, 0.25) is 0 Å².